The van der Waals surface area contributed by atoms with Crippen LogP contribution in [0.3, 0.4) is 0 Å². The molecule has 152 valence electrons. The van der Waals surface area contributed by atoms with E-state index in [1.165, 1.54) is 4.90 Å². The molecule has 1 aromatic rings. The second kappa shape index (κ2) is 6.38. The number of hydrogen-bond donors (Lipinski definition) is 3. The van der Waals surface area contributed by atoms with Gasteiger partial charge in [-0.15, -0.1) is 0 Å². The van der Waals surface area contributed by atoms with Crippen LogP contribution in [0.5, 0.6) is 0 Å². The normalized spacial score (nSPS) is 33.4. The lowest BCUT2D eigenvalue weighted by atomic mass is 9.76. The molecule has 29 heavy (non-hydrogen) atoms. The van der Waals surface area contributed by atoms with Gasteiger partial charge < -0.3 is 16.4 Å². The van der Waals surface area contributed by atoms with Crippen molar-refractivity contribution in [3.05, 3.63) is 29.8 Å². The summed E-state index contributed by atoms with van der Waals surface area (Å²) in [5.41, 5.74) is 5.62. The van der Waals surface area contributed by atoms with E-state index in [-0.39, 0.29) is 36.2 Å². The van der Waals surface area contributed by atoms with Crippen molar-refractivity contribution in [3.63, 3.8) is 0 Å². The first-order valence-corrected chi connectivity index (χ1v) is 10.4. The lowest BCUT2D eigenvalue weighted by Gasteiger charge is -2.28. The first-order valence-electron chi connectivity index (χ1n) is 10.4. The van der Waals surface area contributed by atoms with Gasteiger partial charge in [-0.2, -0.15) is 0 Å². The number of para-hydroxylation sites is 1. The maximum Gasteiger partial charge on any atom is 0.291 e. The number of fused-ring (bicyclic) bond motifs is 4. The molecule has 2 saturated heterocycles. The van der Waals surface area contributed by atoms with E-state index in [1.54, 1.807) is 0 Å². The second-order valence-corrected chi connectivity index (χ2v) is 8.69. The fourth-order valence-corrected chi connectivity index (χ4v) is 6.04. The number of benzene rings is 1. The summed E-state index contributed by atoms with van der Waals surface area (Å²) in [6.45, 7) is 0. The number of rotatable bonds is 4. The van der Waals surface area contributed by atoms with Crippen LogP contribution in [0.2, 0.25) is 0 Å². The number of amides is 4. The first-order chi connectivity index (χ1) is 13.9. The fourth-order valence-electron chi connectivity index (χ4n) is 6.04. The molecule has 3 fully saturated rings. The number of hydrogen-bond acceptors (Lipinski definition) is 4. The molecule has 3 heterocycles. The van der Waals surface area contributed by atoms with Crippen molar-refractivity contribution in [2.45, 2.75) is 56.1 Å². The molecule has 0 radical (unpaired) electrons. The Kier molecular flexibility index (Phi) is 4.03. The van der Waals surface area contributed by atoms with Crippen molar-refractivity contribution >= 4 is 29.3 Å². The van der Waals surface area contributed by atoms with Crippen LogP contribution in [0, 0.1) is 11.8 Å². The maximum atomic E-state index is 13.6. The van der Waals surface area contributed by atoms with Gasteiger partial charge in [0.1, 0.15) is 17.9 Å². The molecular formula is C21H25N4O4+. The highest BCUT2D eigenvalue weighted by molar-refractivity contribution is 6.14. The predicted octanol–water partition coefficient (Wildman–Crippen LogP) is -0.411. The van der Waals surface area contributed by atoms with Crippen LogP contribution in [-0.4, -0.2) is 40.6 Å². The molecule has 4 aliphatic rings. The molecule has 0 bridgehead atoms. The van der Waals surface area contributed by atoms with Crippen molar-refractivity contribution in [1.82, 2.24) is 4.90 Å². The van der Waals surface area contributed by atoms with Crippen LogP contribution in [0.25, 0.3) is 0 Å². The highest BCUT2D eigenvalue weighted by Gasteiger charge is 2.74. The van der Waals surface area contributed by atoms with Gasteiger partial charge in [-0.1, -0.05) is 31.0 Å². The number of quaternary nitrogens is 1. The van der Waals surface area contributed by atoms with E-state index in [0.29, 0.717) is 12.1 Å². The number of nitrogens with one attached hydrogen (secondary N) is 1. The Morgan fingerprint density at radius 3 is 2.62 bits per heavy atom. The summed E-state index contributed by atoms with van der Waals surface area (Å²) < 4.78 is 0. The van der Waals surface area contributed by atoms with E-state index in [9.17, 15) is 19.2 Å². The molecular weight excluding hydrogens is 372 g/mol. The second-order valence-electron chi connectivity index (χ2n) is 8.69. The average Bonchev–Trinajstić information content (AvgIpc) is 3.42. The summed E-state index contributed by atoms with van der Waals surface area (Å²) >= 11 is 0. The Balaban J connectivity index is 1.61. The Morgan fingerprint density at radius 1 is 1.17 bits per heavy atom. The molecule has 8 nitrogen and oxygen atoms in total. The largest absolute Gasteiger partial charge is 0.370 e. The molecule has 1 saturated carbocycles. The molecule has 1 aliphatic carbocycles. The van der Waals surface area contributed by atoms with Crippen LogP contribution in [-0.2, 0) is 24.7 Å². The number of carbonyl (C=O) groups is 4. The lowest BCUT2D eigenvalue weighted by molar-refractivity contribution is -0.734. The van der Waals surface area contributed by atoms with Crippen molar-refractivity contribution in [3.8, 4) is 0 Å². The summed E-state index contributed by atoms with van der Waals surface area (Å²) in [5.74, 6) is -2.50. The number of carbonyl (C=O) groups excluding carboxylic acids is 4. The van der Waals surface area contributed by atoms with Crippen molar-refractivity contribution in [1.29, 1.82) is 0 Å². The molecule has 1 spiro atoms. The monoisotopic (exact) mass is 397 g/mol. The van der Waals surface area contributed by atoms with E-state index < -0.39 is 23.3 Å². The molecule has 4 atom stereocenters. The van der Waals surface area contributed by atoms with Gasteiger partial charge in [-0.25, -0.2) is 0 Å². The summed E-state index contributed by atoms with van der Waals surface area (Å²) in [5, 5.41) is 4.76. The van der Waals surface area contributed by atoms with E-state index >= 15 is 0 Å². The third-order valence-electron chi connectivity index (χ3n) is 7.22. The van der Waals surface area contributed by atoms with Crippen molar-refractivity contribution in [2.75, 3.05) is 5.32 Å². The number of likely N-dealkylation sites (tertiary alicyclic amines) is 1. The molecule has 3 aliphatic heterocycles. The zero-order valence-electron chi connectivity index (χ0n) is 16.1. The molecule has 0 unspecified atom stereocenters. The van der Waals surface area contributed by atoms with Crippen molar-refractivity contribution in [2.24, 2.45) is 17.6 Å². The minimum Gasteiger partial charge on any atom is -0.370 e. The number of nitrogens with zero attached hydrogens (tertiary/aromatic N) is 1. The lowest BCUT2D eigenvalue weighted by Crippen LogP contribution is -2.99. The van der Waals surface area contributed by atoms with E-state index in [2.05, 4.69) is 5.32 Å². The van der Waals surface area contributed by atoms with Crippen LogP contribution in [0.4, 0.5) is 5.69 Å². The average molecular weight is 397 g/mol. The SMILES string of the molecule is NC(=O)CC[C@@H]1[NH2+][C@]2(C(=O)Nc3ccccc32)[C@@H]2C(=O)N(C3CCCC3)C(=O)[C@H]12. The van der Waals surface area contributed by atoms with Gasteiger partial charge in [0.2, 0.25) is 23.3 Å². The highest BCUT2D eigenvalue weighted by Crippen LogP contribution is 2.50. The molecule has 4 amide bonds. The van der Waals surface area contributed by atoms with Crippen LogP contribution >= 0.6 is 0 Å². The van der Waals surface area contributed by atoms with E-state index in [4.69, 9.17) is 5.73 Å². The smallest absolute Gasteiger partial charge is 0.291 e. The number of imide groups is 1. The van der Waals surface area contributed by atoms with Crippen LogP contribution in [0.1, 0.15) is 44.1 Å². The summed E-state index contributed by atoms with van der Waals surface area (Å²) in [6.07, 6.45) is 4.14. The maximum absolute atomic E-state index is 13.6. The zero-order valence-corrected chi connectivity index (χ0v) is 16.1. The van der Waals surface area contributed by atoms with Gasteiger partial charge in [0.15, 0.2) is 0 Å². The first kappa shape index (κ1) is 18.3. The Hall–Kier alpha value is -2.74. The highest BCUT2D eigenvalue weighted by atomic mass is 16.2. The summed E-state index contributed by atoms with van der Waals surface area (Å²) in [4.78, 5) is 53.1. The molecule has 0 aromatic heterocycles. The van der Waals surface area contributed by atoms with E-state index in [0.717, 1.165) is 31.2 Å². The minimum atomic E-state index is -1.16. The Morgan fingerprint density at radius 2 is 1.90 bits per heavy atom. The van der Waals surface area contributed by atoms with Gasteiger partial charge in [0.05, 0.1) is 5.69 Å². The van der Waals surface area contributed by atoms with Gasteiger partial charge in [-0.3, -0.25) is 24.1 Å². The number of anilines is 1. The minimum absolute atomic E-state index is 0.0749. The number of nitrogens with two attached hydrogens (primary N) is 2. The zero-order chi connectivity index (χ0) is 20.3. The van der Waals surface area contributed by atoms with E-state index in [1.807, 2.05) is 29.6 Å². The molecule has 8 heteroatoms. The van der Waals surface area contributed by atoms with Crippen LogP contribution < -0.4 is 16.4 Å². The summed E-state index contributed by atoms with van der Waals surface area (Å²) in [7, 11) is 0. The third-order valence-corrected chi connectivity index (χ3v) is 7.22. The topological polar surface area (TPSA) is 126 Å². The molecule has 5 N–H and O–H groups in total. The van der Waals surface area contributed by atoms with Gasteiger partial charge in [0.25, 0.3) is 5.91 Å². The molecule has 5 rings (SSSR count). The van der Waals surface area contributed by atoms with Gasteiger partial charge in [-0.05, 0) is 18.9 Å². The third kappa shape index (κ3) is 2.41. The summed E-state index contributed by atoms with van der Waals surface area (Å²) in [6, 6.07) is 6.93. The number of primary amides is 1. The van der Waals surface area contributed by atoms with Gasteiger partial charge in [0, 0.05) is 24.4 Å². The Bertz CT molecular complexity index is 925. The fraction of sp³-hybridized carbons (Fsp3) is 0.524. The van der Waals surface area contributed by atoms with Crippen molar-refractivity contribution < 1.29 is 24.5 Å². The van der Waals surface area contributed by atoms with Gasteiger partial charge >= 0.3 is 0 Å². The molecule has 1 aromatic carbocycles. The predicted molar refractivity (Wildman–Crippen MR) is 102 cm³/mol. The quantitative estimate of drug-likeness (QED) is 0.597. The standard InChI is InChI=1S/C21H24N4O4/c22-15(26)10-9-14-16-17(19(28)25(18(16)27)11-5-1-2-6-11)21(24-14)12-7-3-4-8-13(12)23-20(21)29/h3-4,7-8,11,14,16-17,24H,1-2,5-6,9-10H2,(H2,22,26)(H,23,29)/p+1/t14-,16+,17-,21-/m0/s1. The van der Waals surface area contributed by atoms with Crippen LogP contribution in [0.15, 0.2) is 24.3 Å². The Labute approximate surface area is 168 Å².